The molecule has 0 spiro atoms. The van der Waals surface area contributed by atoms with E-state index in [1.54, 1.807) is 6.07 Å². The molecule has 0 bridgehead atoms. The third-order valence-corrected chi connectivity index (χ3v) is 4.56. The number of nitrogens with two attached hydrogens (primary N) is 1. The molecule has 1 aromatic heterocycles. The molecule has 2 heterocycles. The van der Waals surface area contributed by atoms with Crippen LogP contribution in [0.2, 0.25) is 10.2 Å². The second-order valence-electron chi connectivity index (χ2n) is 5.79. The van der Waals surface area contributed by atoms with Crippen molar-refractivity contribution in [2.45, 2.75) is 12.8 Å². The first-order chi connectivity index (χ1) is 11.9. The van der Waals surface area contributed by atoms with Crippen LogP contribution in [0.1, 0.15) is 12.8 Å². The average Bonchev–Trinajstić information content (AvgIpc) is 2.57. The highest BCUT2D eigenvalue weighted by Gasteiger charge is 2.26. The first-order valence-electron chi connectivity index (χ1n) is 7.73. The van der Waals surface area contributed by atoms with E-state index < -0.39 is 5.82 Å². The van der Waals surface area contributed by atoms with Crippen LogP contribution >= 0.6 is 23.2 Å². The Bertz CT molecular complexity index is 776. The van der Waals surface area contributed by atoms with Gasteiger partial charge in [0.2, 0.25) is 11.9 Å². The standard InChI is InChI=1S/C16H16Cl2FN5O/c17-11-7-10(1-2-12(11)19)21-15(25)9-3-5-24(6-4-9)14-8-13(18)22-16(20)23-14/h1-2,7-9H,3-6H2,(H,21,25)(H2,20,22,23). The SMILES string of the molecule is Nc1nc(Cl)cc(N2CCC(C(=O)Nc3ccc(F)c(Cl)c3)CC2)n1. The lowest BCUT2D eigenvalue weighted by Crippen LogP contribution is -2.38. The topological polar surface area (TPSA) is 84.1 Å². The zero-order valence-electron chi connectivity index (χ0n) is 13.2. The van der Waals surface area contributed by atoms with E-state index in [1.807, 2.05) is 4.90 Å². The Kier molecular flexibility index (Phi) is 5.24. The Labute approximate surface area is 154 Å². The summed E-state index contributed by atoms with van der Waals surface area (Å²) in [5.74, 6) is 0.00489. The zero-order valence-corrected chi connectivity index (χ0v) is 14.7. The molecule has 0 atom stereocenters. The Balaban J connectivity index is 1.59. The summed E-state index contributed by atoms with van der Waals surface area (Å²) in [6.45, 7) is 1.30. The molecule has 1 aromatic carbocycles. The molecule has 6 nitrogen and oxygen atoms in total. The number of benzene rings is 1. The molecule has 0 aliphatic carbocycles. The summed E-state index contributed by atoms with van der Waals surface area (Å²) >= 11 is 11.6. The van der Waals surface area contributed by atoms with Crippen molar-refractivity contribution < 1.29 is 9.18 Å². The summed E-state index contributed by atoms with van der Waals surface area (Å²) < 4.78 is 13.2. The maximum Gasteiger partial charge on any atom is 0.227 e. The maximum atomic E-state index is 13.2. The smallest absolute Gasteiger partial charge is 0.227 e. The van der Waals surface area contributed by atoms with E-state index in [4.69, 9.17) is 28.9 Å². The van der Waals surface area contributed by atoms with E-state index in [0.29, 0.717) is 37.4 Å². The molecular weight excluding hydrogens is 368 g/mol. The Morgan fingerprint density at radius 2 is 1.96 bits per heavy atom. The Morgan fingerprint density at radius 3 is 2.60 bits per heavy atom. The van der Waals surface area contributed by atoms with Crippen LogP contribution < -0.4 is 16.0 Å². The number of rotatable bonds is 3. The van der Waals surface area contributed by atoms with Gasteiger partial charge in [0.1, 0.15) is 16.8 Å². The first-order valence-corrected chi connectivity index (χ1v) is 8.49. The third-order valence-electron chi connectivity index (χ3n) is 4.08. The van der Waals surface area contributed by atoms with E-state index >= 15 is 0 Å². The lowest BCUT2D eigenvalue weighted by Gasteiger charge is -2.32. The van der Waals surface area contributed by atoms with Crippen LogP contribution in [0.4, 0.5) is 21.8 Å². The number of nitrogen functional groups attached to an aromatic ring is 1. The van der Waals surface area contributed by atoms with Crippen LogP contribution in [0.25, 0.3) is 0 Å². The zero-order chi connectivity index (χ0) is 18.0. The minimum Gasteiger partial charge on any atom is -0.368 e. The quantitative estimate of drug-likeness (QED) is 0.793. The predicted molar refractivity (Wildman–Crippen MR) is 96.4 cm³/mol. The van der Waals surface area contributed by atoms with Gasteiger partial charge in [-0.25, -0.2) is 9.37 Å². The predicted octanol–water partition coefficient (Wildman–Crippen LogP) is 3.36. The molecular formula is C16H16Cl2FN5O. The van der Waals surface area contributed by atoms with E-state index in [1.165, 1.54) is 18.2 Å². The van der Waals surface area contributed by atoms with Crippen LogP contribution in [0.3, 0.4) is 0 Å². The van der Waals surface area contributed by atoms with Crippen LogP contribution in [0, 0.1) is 11.7 Å². The van der Waals surface area contributed by atoms with E-state index in [9.17, 15) is 9.18 Å². The monoisotopic (exact) mass is 383 g/mol. The minimum absolute atomic E-state index is 0.0224. The van der Waals surface area contributed by atoms with Crippen LogP contribution in [-0.2, 0) is 4.79 Å². The highest BCUT2D eigenvalue weighted by molar-refractivity contribution is 6.31. The molecule has 0 saturated carbocycles. The van der Waals surface area contributed by atoms with E-state index in [-0.39, 0.29) is 27.9 Å². The van der Waals surface area contributed by atoms with Crippen molar-refractivity contribution >= 4 is 46.6 Å². The summed E-state index contributed by atoms with van der Waals surface area (Å²) in [5.41, 5.74) is 6.10. The maximum absolute atomic E-state index is 13.2. The fourth-order valence-electron chi connectivity index (χ4n) is 2.77. The van der Waals surface area contributed by atoms with Crippen molar-refractivity contribution in [2.24, 2.45) is 5.92 Å². The molecule has 3 N–H and O–H groups in total. The third kappa shape index (κ3) is 4.29. The van der Waals surface area contributed by atoms with Gasteiger partial charge in [-0.05, 0) is 31.0 Å². The number of piperidine rings is 1. The van der Waals surface area contributed by atoms with Crippen LogP contribution in [-0.4, -0.2) is 29.0 Å². The number of aromatic nitrogens is 2. The number of hydrogen-bond donors (Lipinski definition) is 2. The van der Waals surface area contributed by atoms with Gasteiger partial charge in [0.25, 0.3) is 0 Å². The fourth-order valence-corrected chi connectivity index (χ4v) is 3.14. The van der Waals surface area contributed by atoms with Crippen molar-refractivity contribution in [1.82, 2.24) is 9.97 Å². The molecule has 25 heavy (non-hydrogen) atoms. The molecule has 1 fully saturated rings. The van der Waals surface area contributed by atoms with Crippen molar-refractivity contribution in [3.05, 3.63) is 40.3 Å². The van der Waals surface area contributed by atoms with Crippen molar-refractivity contribution in [3.63, 3.8) is 0 Å². The second kappa shape index (κ2) is 7.41. The molecule has 132 valence electrons. The second-order valence-corrected chi connectivity index (χ2v) is 6.58. The summed E-state index contributed by atoms with van der Waals surface area (Å²) in [6.07, 6.45) is 1.31. The number of halogens is 3. The van der Waals surface area contributed by atoms with Gasteiger partial charge in [-0.15, -0.1) is 0 Å². The largest absolute Gasteiger partial charge is 0.368 e. The summed E-state index contributed by atoms with van der Waals surface area (Å²) in [7, 11) is 0. The average molecular weight is 384 g/mol. The first kappa shape index (κ1) is 17.7. The summed E-state index contributed by atoms with van der Waals surface area (Å²) in [4.78, 5) is 22.4. The number of nitrogens with zero attached hydrogens (tertiary/aromatic N) is 3. The van der Waals surface area contributed by atoms with Gasteiger partial charge in [-0.3, -0.25) is 4.79 Å². The van der Waals surface area contributed by atoms with Gasteiger partial charge in [0, 0.05) is 30.8 Å². The molecule has 2 aromatic rings. The molecule has 1 amide bonds. The van der Waals surface area contributed by atoms with Gasteiger partial charge >= 0.3 is 0 Å². The van der Waals surface area contributed by atoms with Crippen molar-refractivity contribution in [2.75, 3.05) is 29.0 Å². The summed E-state index contributed by atoms with van der Waals surface area (Å²) in [6, 6.07) is 5.76. The number of nitrogens with one attached hydrogen (secondary N) is 1. The number of hydrogen-bond acceptors (Lipinski definition) is 5. The Morgan fingerprint density at radius 1 is 1.24 bits per heavy atom. The molecule has 1 saturated heterocycles. The summed E-state index contributed by atoms with van der Waals surface area (Å²) in [5, 5.41) is 3.04. The van der Waals surface area contributed by atoms with Gasteiger partial charge in [-0.2, -0.15) is 4.98 Å². The highest BCUT2D eigenvalue weighted by Crippen LogP contribution is 2.26. The Hall–Kier alpha value is -2.12. The number of carbonyl (C=O) groups is 1. The van der Waals surface area contributed by atoms with Crippen LogP contribution in [0.15, 0.2) is 24.3 Å². The number of anilines is 3. The molecule has 3 rings (SSSR count). The molecule has 1 aliphatic heterocycles. The van der Waals surface area contributed by atoms with Gasteiger partial charge < -0.3 is 16.0 Å². The normalized spacial score (nSPS) is 15.2. The minimum atomic E-state index is -0.518. The van der Waals surface area contributed by atoms with Crippen LogP contribution in [0.5, 0.6) is 0 Å². The number of amides is 1. The van der Waals surface area contributed by atoms with E-state index in [0.717, 1.165) is 0 Å². The molecule has 9 heteroatoms. The van der Waals surface area contributed by atoms with Gasteiger partial charge in [-0.1, -0.05) is 23.2 Å². The van der Waals surface area contributed by atoms with Gasteiger partial charge in [0.15, 0.2) is 0 Å². The lowest BCUT2D eigenvalue weighted by atomic mass is 9.96. The van der Waals surface area contributed by atoms with E-state index in [2.05, 4.69) is 15.3 Å². The fraction of sp³-hybridized carbons (Fsp3) is 0.312. The highest BCUT2D eigenvalue weighted by atomic mass is 35.5. The molecule has 0 radical (unpaired) electrons. The lowest BCUT2D eigenvalue weighted by molar-refractivity contribution is -0.120. The molecule has 1 aliphatic rings. The van der Waals surface area contributed by atoms with Crippen molar-refractivity contribution in [3.8, 4) is 0 Å². The molecule has 0 unspecified atom stereocenters. The number of carbonyl (C=O) groups excluding carboxylic acids is 1. The van der Waals surface area contributed by atoms with Gasteiger partial charge in [0.05, 0.1) is 5.02 Å². The van der Waals surface area contributed by atoms with Crippen molar-refractivity contribution in [1.29, 1.82) is 0 Å².